The van der Waals surface area contributed by atoms with Crippen LogP contribution in [0, 0.1) is 0 Å². The van der Waals surface area contributed by atoms with E-state index in [9.17, 15) is 4.79 Å². The fourth-order valence-electron chi connectivity index (χ4n) is 3.14. The second-order valence-electron chi connectivity index (χ2n) is 6.22. The van der Waals surface area contributed by atoms with Crippen LogP contribution in [0.4, 0.5) is 0 Å². The third kappa shape index (κ3) is 3.50. The molecule has 1 heterocycles. The van der Waals surface area contributed by atoms with Crippen LogP contribution in [0.2, 0.25) is 0 Å². The summed E-state index contributed by atoms with van der Waals surface area (Å²) in [4.78, 5) is 18.7. The van der Waals surface area contributed by atoms with E-state index in [4.69, 9.17) is 9.57 Å². The van der Waals surface area contributed by atoms with Crippen molar-refractivity contribution in [3.05, 3.63) is 71.8 Å². The Morgan fingerprint density at radius 1 is 1.17 bits per heavy atom. The average Bonchev–Trinajstić information content (AvgIpc) is 2.95. The van der Waals surface area contributed by atoms with E-state index in [1.807, 2.05) is 74.5 Å². The molecule has 0 aliphatic carbocycles. The van der Waals surface area contributed by atoms with Crippen molar-refractivity contribution in [2.45, 2.75) is 38.5 Å². The molecule has 2 atom stereocenters. The van der Waals surface area contributed by atoms with Crippen LogP contribution < -0.4 is 0 Å². The maximum atomic E-state index is 12.4. The van der Waals surface area contributed by atoms with Crippen molar-refractivity contribution >= 4 is 5.97 Å². The summed E-state index contributed by atoms with van der Waals surface area (Å²) in [6.07, 6.45) is 0.572. The van der Waals surface area contributed by atoms with Gasteiger partial charge in [0.1, 0.15) is 11.6 Å². The molecule has 0 bridgehead atoms. The topological polar surface area (TPSA) is 38.8 Å². The van der Waals surface area contributed by atoms with Crippen LogP contribution in [0.5, 0.6) is 0 Å². The van der Waals surface area contributed by atoms with Crippen LogP contribution in [0.3, 0.4) is 0 Å². The van der Waals surface area contributed by atoms with E-state index in [0.717, 1.165) is 11.1 Å². The van der Waals surface area contributed by atoms with E-state index in [1.165, 1.54) is 0 Å². The van der Waals surface area contributed by atoms with Gasteiger partial charge in [-0.3, -0.25) is 9.63 Å². The van der Waals surface area contributed by atoms with Gasteiger partial charge in [-0.25, -0.2) is 0 Å². The molecule has 4 heteroatoms. The Hall–Kier alpha value is -2.17. The lowest BCUT2D eigenvalue weighted by atomic mass is 9.90. The molecule has 0 N–H and O–H groups in total. The fraction of sp³-hybridized carbons (Fsp3) is 0.350. The fourth-order valence-corrected chi connectivity index (χ4v) is 3.14. The van der Waals surface area contributed by atoms with Crippen LogP contribution in [0.1, 0.15) is 31.4 Å². The number of hydrogen-bond acceptors (Lipinski definition) is 4. The normalized spacial score (nSPS) is 24.0. The monoisotopic (exact) mass is 325 g/mol. The Bertz CT molecular complexity index is 674. The molecule has 1 saturated heterocycles. The van der Waals surface area contributed by atoms with Crippen molar-refractivity contribution in [1.82, 2.24) is 5.06 Å². The Morgan fingerprint density at radius 3 is 2.42 bits per heavy atom. The molecule has 0 unspecified atom stereocenters. The summed E-state index contributed by atoms with van der Waals surface area (Å²) < 4.78 is 5.26. The van der Waals surface area contributed by atoms with Gasteiger partial charge in [0, 0.05) is 6.42 Å². The summed E-state index contributed by atoms with van der Waals surface area (Å²) in [6.45, 7) is 4.77. The van der Waals surface area contributed by atoms with Crippen LogP contribution in [0.15, 0.2) is 60.7 Å². The lowest BCUT2D eigenvalue weighted by molar-refractivity contribution is -0.214. The van der Waals surface area contributed by atoms with Gasteiger partial charge in [-0.05, 0) is 25.0 Å². The van der Waals surface area contributed by atoms with Crippen LogP contribution in [-0.4, -0.2) is 23.7 Å². The average molecular weight is 325 g/mol. The Balaban J connectivity index is 1.85. The van der Waals surface area contributed by atoms with Crippen molar-refractivity contribution in [3.8, 4) is 0 Å². The van der Waals surface area contributed by atoms with E-state index in [-0.39, 0.29) is 5.97 Å². The Kier molecular flexibility index (Phi) is 4.97. The number of benzene rings is 2. The maximum Gasteiger partial charge on any atom is 0.325 e. The molecule has 3 rings (SSSR count). The molecule has 1 fully saturated rings. The van der Waals surface area contributed by atoms with Crippen molar-refractivity contribution in [2.75, 3.05) is 6.61 Å². The van der Waals surface area contributed by atoms with Crippen LogP contribution in [0.25, 0.3) is 0 Å². The number of carbonyl (C=O) groups is 1. The summed E-state index contributed by atoms with van der Waals surface area (Å²) in [5.74, 6) is -0.229. The van der Waals surface area contributed by atoms with Gasteiger partial charge in [-0.15, -0.1) is 0 Å². The minimum Gasteiger partial charge on any atom is -0.465 e. The molecule has 2 aromatic rings. The Morgan fingerprint density at radius 2 is 1.79 bits per heavy atom. The SMILES string of the molecule is CCOC(=O)[C@@H]1C[C@@](C)(c2ccccc2)ON1Cc1ccccc1. The quantitative estimate of drug-likeness (QED) is 0.786. The molecular formula is C20H23NO3. The van der Waals surface area contributed by atoms with Gasteiger partial charge in [-0.2, -0.15) is 5.06 Å². The molecule has 1 aliphatic rings. The van der Waals surface area contributed by atoms with Gasteiger partial charge in [0.25, 0.3) is 0 Å². The van der Waals surface area contributed by atoms with Gasteiger partial charge < -0.3 is 4.74 Å². The lowest BCUT2D eigenvalue weighted by Gasteiger charge is -2.25. The molecule has 4 nitrogen and oxygen atoms in total. The second-order valence-corrected chi connectivity index (χ2v) is 6.22. The molecule has 0 saturated carbocycles. The molecule has 0 radical (unpaired) electrons. The van der Waals surface area contributed by atoms with Gasteiger partial charge in [0.05, 0.1) is 13.2 Å². The number of nitrogens with zero attached hydrogens (tertiary/aromatic N) is 1. The number of hydroxylamine groups is 2. The number of carbonyl (C=O) groups excluding carboxylic acids is 1. The molecular weight excluding hydrogens is 302 g/mol. The Labute approximate surface area is 143 Å². The molecule has 0 aromatic heterocycles. The largest absolute Gasteiger partial charge is 0.465 e. The van der Waals surface area contributed by atoms with Crippen molar-refractivity contribution < 1.29 is 14.4 Å². The minimum absolute atomic E-state index is 0.229. The van der Waals surface area contributed by atoms with Crippen LogP contribution >= 0.6 is 0 Å². The molecule has 126 valence electrons. The third-order valence-corrected chi connectivity index (χ3v) is 4.37. The first-order chi connectivity index (χ1) is 11.6. The minimum atomic E-state index is -0.534. The number of esters is 1. The van der Waals surface area contributed by atoms with Crippen LogP contribution in [-0.2, 0) is 26.5 Å². The van der Waals surface area contributed by atoms with Crippen molar-refractivity contribution in [2.24, 2.45) is 0 Å². The summed E-state index contributed by atoms with van der Waals surface area (Å²) in [6, 6.07) is 19.6. The van der Waals surface area contributed by atoms with Gasteiger partial charge in [0.2, 0.25) is 0 Å². The molecule has 1 aliphatic heterocycles. The zero-order valence-corrected chi connectivity index (χ0v) is 14.1. The first kappa shape index (κ1) is 16.7. The van der Waals surface area contributed by atoms with Gasteiger partial charge >= 0.3 is 5.97 Å². The summed E-state index contributed by atoms with van der Waals surface area (Å²) in [7, 11) is 0. The van der Waals surface area contributed by atoms with E-state index >= 15 is 0 Å². The number of rotatable bonds is 5. The predicted octanol–water partition coefficient (Wildman–Crippen LogP) is 3.67. The molecule has 0 spiro atoms. The molecule has 0 amide bonds. The first-order valence-corrected chi connectivity index (χ1v) is 8.34. The van der Waals surface area contributed by atoms with E-state index in [0.29, 0.717) is 19.6 Å². The van der Waals surface area contributed by atoms with Gasteiger partial charge in [-0.1, -0.05) is 60.7 Å². The second kappa shape index (κ2) is 7.16. The summed E-state index contributed by atoms with van der Waals surface area (Å²) in [5, 5.41) is 1.76. The molecule has 24 heavy (non-hydrogen) atoms. The van der Waals surface area contributed by atoms with E-state index < -0.39 is 11.6 Å². The lowest BCUT2D eigenvalue weighted by Crippen LogP contribution is -2.36. The molecule has 2 aromatic carbocycles. The number of ether oxygens (including phenoxy) is 1. The zero-order valence-electron chi connectivity index (χ0n) is 14.1. The highest BCUT2D eigenvalue weighted by molar-refractivity contribution is 5.76. The zero-order chi connectivity index (χ0) is 17.0. The van der Waals surface area contributed by atoms with Crippen molar-refractivity contribution in [1.29, 1.82) is 0 Å². The smallest absolute Gasteiger partial charge is 0.325 e. The third-order valence-electron chi connectivity index (χ3n) is 4.37. The predicted molar refractivity (Wildman–Crippen MR) is 91.9 cm³/mol. The highest BCUT2D eigenvalue weighted by atomic mass is 16.7. The summed E-state index contributed by atoms with van der Waals surface area (Å²) >= 11 is 0. The van der Waals surface area contributed by atoms with E-state index in [1.54, 1.807) is 5.06 Å². The van der Waals surface area contributed by atoms with E-state index in [2.05, 4.69) is 0 Å². The first-order valence-electron chi connectivity index (χ1n) is 8.34. The highest BCUT2D eigenvalue weighted by Gasteiger charge is 2.47. The van der Waals surface area contributed by atoms with Gasteiger partial charge in [0.15, 0.2) is 0 Å². The standard InChI is InChI=1S/C20H23NO3/c1-3-23-19(22)18-14-20(2,17-12-8-5-9-13-17)24-21(18)15-16-10-6-4-7-11-16/h4-13,18H,3,14-15H2,1-2H3/t18-,20-/m0/s1. The maximum absolute atomic E-state index is 12.4. The summed E-state index contributed by atoms with van der Waals surface area (Å²) in [5.41, 5.74) is 1.63. The number of hydrogen-bond donors (Lipinski definition) is 0. The van der Waals surface area contributed by atoms with Crippen molar-refractivity contribution in [3.63, 3.8) is 0 Å². The highest BCUT2D eigenvalue weighted by Crippen LogP contribution is 2.40.